The SMILES string of the molecule is O=C1OC(c2ccc(Cl)cc2)=N/C1=C/c1ccc(O)cc1O. The van der Waals surface area contributed by atoms with E-state index in [1.807, 2.05) is 0 Å². The van der Waals surface area contributed by atoms with E-state index < -0.39 is 5.97 Å². The van der Waals surface area contributed by atoms with Crippen molar-refractivity contribution in [2.45, 2.75) is 0 Å². The van der Waals surface area contributed by atoms with Crippen LogP contribution in [0.3, 0.4) is 0 Å². The predicted octanol–water partition coefficient (Wildman–Crippen LogP) is 3.10. The number of halogens is 1. The third kappa shape index (κ3) is 2.80. The molecule has 0 fully saturated rings. The maximum Gasteiger partial charge on any atom is 0.363 e. The molecule has 110 valence electrons. The fraction of sp³-hybridized carbons (Fsp3) is 0. The lowest BCUT2D eigenvalue weighted by molar-refractivity contribution is -0.129. The van der Waals surface area contributed by atoms with E-state index in [1.165, 1.54) is 24.3 Å². The lowest BCUT2D eigenvalue weighted by Gasteiger charge is -1.99. The quantitative estimate of drug-likeness (QED) is 0.659. The van der Waals surface area contributed by atoms with Crippen molar-refractivity contribution in [1.82, 2.24) is 0 Å². The lowest BCUT2D eigenvalue weighted by Crippen LogP contribution is -2.05. The number of ether oxygens (including phenoxy) is 1. The molecule has 0 amide bonds. The smallest absolute Gasteiger partial charge is 0.363 e. The summed E-state index contributed by atoms with van der Waals surface area (Å²) in [7, 11) is 0. The van der Waals surface area contributed by atoms with Gasteiger partial charge in [0.1, 0.15) is 11.5 Å². The second kappa shape index (κ2) is 5.54. The van der Waals surface area contributed by atoms with Crippen LogP contribution in [-0.4, -0.2) is 22.1 Å². The molecule has 0 radical (unpaired) electrons. The number of benzene rings is 2. The maximum absolute atomic E-state index is 11.8. The van der Waals surface area contributed by atoms with E-state index in [0.717, 1.165) is 0 Å². The molecule has 5 nitrogen and oxygen atoms in total. The van der Waals surface area contributed by atoms with Crippen LogP contribution >= 0.6 is 11.6 Å². The summed E-state index contributed by atoms with van der Waals surface area (Å²) in [6, 6.07) is 10.8. The van der Waals surface area contributed by atoms with E-state index in [1.54, 1.807) is 24.3 Å². The first-order valence-corrected chi connectivity index (χ1v) is 6.71. The highest BCUT2D eigenvalue weighted by molar-refractivity contribution is 6.30. The number of phenols is 2. The minimum atomic E-state index is -0.613. The number of cyclic esters (lactones) is 1. The molecule has 0 spiro atoms. The van der Waals surface area contributed by atoms with Crippen molar-refractivity contribution in [3.63, 3.8) is 0 Å². The Morgan fingerprint density at radius 1 is 1.09 bits per heavy atom. The number of phenolic OH excluding ortho intramolecular Hbond substituents is 2. The Morgan fingerprint density at radius 3 is 2.50 bits per heavy atom. The summed E-state index contributed by atoms with van der Waals surface area (Å²) < 4.78 is 5.10. The number of carbonyl (C=O) groups is 1. The molecule has 1 aliphatic rings. The molecule has 2 aromatic carbocycles. The molecule has 1 heterocycles. The first-order valence-electron chi connectivity index (χ1n) is 6.33. The lowest BCUT2D eigenvalue weighted by atomic mass is 10.1. The van der Waals surface area contributed by atoms with E-state index in [4.69, 9.17) is 16.3 Å². The van der Waals surface area contributed by atoms with E-state index >= 15 is 0 Å². The molecule has 0 saturated carbocycles. The van der Waals surface area contributed by atoms with Crippen molar-refractivity contribution >= 4 is 29.5 Å². The Hall–Kier alpha value is -2.79. The largest absolute Gasteiger partial charge is 0.508 e. The van der Waals surface area contributed by atoms with Gasteiger partial charge >= 0.3 is 5.97 Å². The number of hydrogen-bond donors (Lipinski definition) is 2. The average Bonchev–Trinajstić information content (AvgIpc) is 2.84. The van der Waals surface area contributed by atoms with Gasteiger partial charge in [-0.3, -0.25) is 0 Å². The Labute approximate surface area is 130 Å². The Balaban J connectivity index is 1.95. The Morgan fingerprint density at radius 2 is 1.82 bits per heavy atom. The van der Waals surface area contributed by atoms with Crippen molar-refractivity contribution in [2.24, 2.45) is 4.99 Å². The number of aliphatic imine (C=N–C) groups is 1. The second-order valence-electron chi connectivity index (χ2n) is 4.59. The summed E-state index contributed by atoms with van der Waals surface area (Å²) >= 11 is 5.81. The van der Waals surface area contributed by atoms with Gasteiger partial charge in [0.25, 0.3) is 0 Å². The van der Waals surface area contributed by atoms with Gasteiger partial charge in [0.15, 0.2) is 5.70 Å². The summed E-state index contributed by atoms with van der Waals surface area (Å²) in [5.74, 6) is -0.668. The van der Waals surface area contributed by atoms with Gasteiger partial charge in [-0.05, 0) is 42.5 Å². The third-order valence-corrected chi connectivity index (χ3v) is 3.27. The molecular weight excluding hydrogens is 306 g/mol. The van der Waals surface area contributed by atoms with Crippen LogP contribution in [0.15, 0.2) is 53.2 Å². The highest BCUT2D eigenvalue weighted by Gasteiger charge is 2.24. The normalized spacial score (nSPS) is 15.8. The van der Waals surface area contributed by atoms with Crippen molar-refractivity contribution in [1.29, 1.82) is 0 Å². The zero-order valence-electron chi connectivity index (χ0n) is 11.2. The number of aromatic hydroxyl groups is 2. The first kappa shape index (κ1) is 14.2. The average molecular weight is 316 g/mol. The molecule has 0 saturated heterocycles. The molecular formula is C16H10ClNO4. The van der Waals surface area contributed by atoms with Crippen LogP contribution in [-0.2, 0) is 9.53 Å². The van der Waals surface area contributed by atoms with Crippen molar-refractivity contribution in [3.05, 3.63) is 64.3 Å². The molecule has 0 atom stereocenters. The molecule has 1 aliphatic heterocycles. The topological polar surface area (TPSA) is 79.1 Å². The summed E-state index contributed by atoms with van der Waals surface area (Å²) in [6.07, 6.45) is 1.39. The molecule has 22 heavy (non-hydrogen) atoms. The fourth-order valence-electron chi connectivity index (χ4n) is 1.93. The molecule has 3 rings (SSSR count). The highest BCUT2D eigenvalue weighted by atomic mass is 35.5. The van der Waals surface area contributed by atoms with Crippen molar-refractivity contribution in [3.8, 4) is 11.5 Å². The summed E-state index contributed by atoms with van der Waals surface area (Å²) in [4.78, 5) is 16.0. The van der Waals surface area contributed by atoms with Crippen LogP contribution in [0.2, 0.25) is 5.02 Å². The van der Waals surface area contributed by atoms with E-state index in [0.29, 0.717) is 16.1 Å². The van der Waals surface area contributed by atoms with Crippen molar-refractivity contribution in [2.75, 3.05) is 0 Å². The molecule has 6 heteroatoms. The van der Waals surface area contributed by atoms with E-state index in [-0.39, 0.29) is 23.1 Å². The van der Waals surface area contributed by atoms with Gasteiger partial charge in [-0.1, -0.05) is 11.6 Å². The Kier molecular flexibility index (Phi) is 3.56. The van der Waals surface area contributed by atoms with Crippen LogP contribution in [0.5, 0.6) is 11.5 Å². The van der Waals surface area contributed by atoms with Gasteiger partial charge < -0.3 is 14.9 Å². The summed E-state index contributed by atoms with van der Waals surface area (Å²) in [5, 5.41) is 19.6. The monoisotopic (exact) mass is 315 g/mol. The molecule has 2 aromatic rings. The van der Waals surface area contributed by atoms with E-state index in [2.05, 4.69) is 4.99 Å². The Bertz CT molecular complexity index is 809. The van der Waals surface area contributed by atoms with Gasteiger partial charge in [-0.25, -0.2) is 9.79 Å². The molecule has 0 aliphatic carbocycles. The summed E-state index contributed by atoms with van der Waals surface area (Å²) in [5.41, 5.74) is 1.04. The van der Waals surface area contributed by atoms with Crippen LogP contribution in [0, 0.1) is 0 Å². The van der Waals surface area contributed by atoms with Gasteiger partial charge in [-0.2, -0.15) is 0 Å². The van der Waals surface area contributed by atoms with Gasteiger partial charge in [0.2, 0.25) is 5.90 Å². The van der Waals surface area contributed by atoms with Crippen LogP contribution in [0.4, 0.5) is 0 Å². The molecule has 0 unspecified atom stereocenters. The van der Waals surface area contributed by atoms with Crippen LogP contribution < -0.4 is 0 Å². The number of nitrogens with zero attached hydrogens (tertiary/aromatic N) is 1. The first-order chi connectivity index (χ1) is 10.5. The number of hydrogen-bond acceptors (Lipinski definition) is 5. The van der Waals surface area contributed by atoms with Gasteiger partial charge in [0, 0.05) is 22.2 Å². The predicted molar refractivity (Wildman–Crippen MR) is 81.8 cm³/mol. The number of esters is 1. The van der Waals surface area contributed by atoms with E-state index in [9.17, 15) is 15.0 Å². The number of carbonyl (C=O) groups excluding carboxylic acids is 1. The fourth-order valence-corrected chi connectivity index (χ4v) is 2.05. The maximum atomic E-state index is 11.8. The zero-order chi connectivity index (χ0) is 15.7. The van der Waals surface area contributed by atoms with Gasteiger partial charge in [-0.15, -0.1) is 0 Å². The van der Waals surface area contributed by atoms with Crippen LogP contribution in [0.1, 0.15) is 11.1 Å². The second-order valence-corrected chi connectivity index (χ2v) is 5.02. The van der Waals surface area contributed by atoms with Crippen LogP contribution in [0.25, 0.3) is 6.08 Å². The molecule has 0 bridgehead atoms. The minimum Gasteiger partial charge on any atom is -0.508 e. The highest BCUT2D eigenvalue weighted by Crippen LogP contribution is 2.27. The zero-order valence-corrected chi connectivity index (χ0v) is 11.9. The molecule has 2 N–H and O–H groups in total. The van der Waals surface area contributed by atoms with Crippen molar-refractivity contribution < 1.29 is 19.7 Å². The minimum absolute atomic E-state index is 0.0611. The van der Waals surface area contributed by atoms with Gasteiger partial charge in [0.05, 0.1) is 0 Å². The number of rotatable bonds is 2. The standard InChI is InChI=1S/C16H10ClNO4/c17-11-4-1-9(2-5-11)15-18-13(16(21)22-15)7-10-3-6-12(19)8-14(10)20/h1-8,19-20H/b13-7+. The third-order valence-electron chi connectivity index (χ3n) is 3.02. The summed E-state index contributed by atoms with van der Waals surface area (Å²) in [6.45, 7) is 0. The molecule has 0 aromatic heterocycles.